The van der Waals surface area contributed by atoms with Crippen LogP contribution in [0.2, 0.25) is 0 Å². The minimum atomic E-state index is -0.738. The smallest absolute Gasteiger partial charge is 0.0895 e. The van der Waals surface area contributed by atoms with E-state index in [2.05, 4.69) is 5.32 Å². The first kappa shape index (κ1) is 11.8. The second-order valence-electron chi connectivity index (χ2n) is 3.28. The number of hydrogen-bond acceptors (Lipinski definition) is 4. The average Bonchev–Trinajstić information content (AvgIpc) is 2.04. The summed E-state index contributed by atoms with van der Waals surface area (Å²) in [4.78, 5) is 0. The van der Waals surface area contributed by atoms with Crippen molar-refractivity contribution in [1.29, 1.82) is 0 Å². The fourth-order valence-electron chi connectivity index (χ4n) is 0.863. The van der Waals surface area contributed by atoms with E-state index in [1.54, 1.807) is 0 Å². The Hall–Kier alpha value is -0.160. The van der Waals surface area contributed by atoms with Gasteiger partial charge < -0.3 is 20.6 Å². The molecular formula is C8H19NO3. The Morgan fingerprint density at radius 1 is 1.17 bits per heavy atom. The molecule has 0 unspecified atom stereocenters. The van der Waals surface area contributed by atoms with E-state index in [4.69, 9.17) is 15.3 Å². The van der Waals surface area contributed by atoms with Crippen LogP contribution in [0.3, 0.4) is 0 Å². The van der Waals surface area contributed by atoms with Crippen molar-refractivity contribution >= 4 is 0 Å². The number of hydrogen-bond donors (Lipinski definition) is 4. The average molecular weight is 177 g/mol. The Bertz CT molecular complexity index is 108. The Morgan fingerprint density at radius 2 is 1.75 bits per heavy atom. The van der Waals surface area contributed by atoms with Crippen molar-refractivity contribution in [3.8, 4) is 0 Å². The largest absolute Gasteiger partial charge is 0.395 e. The van der Waals surface area contributed by atoms with E-state index in [1.165, 1.54) is 0 Å². The highest BCUT2D eigenvalue weighted by molar-refractivity contribution is 4.70. The maximum atomic E-state index is 8.99. The molecule has 4 heteroatoms. The zero-order valence-electron chi connectivity index (χ0n) is 7.70. The van der Waals surface area contributed by atoms with Crippen molar-refractivity contribution in [2.75, 3.05) is 19.8 Å². The molecule has 0 radical (unpaired) electrons. The highest BCUT2D eigenvalue weighted by Gasteiger charge is 2.12. The van der Waals surface area contributed by atoms with Crippen LogP contribution >= 0.6 is 0 Å². The van der Waals surface area contributed by atoms with Crippen LogP contribution in [0.25, 0.3) is 0 Å². The summed E-state index contributed by atoms with van der Waals surface area (Å²) >= 11 is 0. The molecule has 0 aliphatic heterocycles. The van der Waals surface area contributed by atoms with E-state index in [0.717, 1.165) is 0 Å². The van der Waals surface area contributed by atoms with Gasteiger partial charge in [0.1, 0.15) is 0 Å². The first-order chi connectivity index (χ1) is 5.61. The Kier molecular flexibility index (Phi) is 6.28. The summed E-state index contributed by atoms with van der Waals surface area (Å²) in [5.41, 5.74) is 0. The second kappa shape index (κ2) is 6.37. The first-order valence-corrected chi connectivity index (χ1v) is 4.25. The van der Waals surface area contributed by atoms with Crippen LogP contribution in [0.15, 0.2) is 0 Å². The predicted octanol–water partition coefficient (Wildman–Crippen LogP) is -1.05. The third-order valence-corrected chi connectivity index (χ3v) is 1.83. The van der Waals surface area contributed by atoms with Crippen LogP contribution < -0.4 is 5.32 Å². The van der Waals surface area contributed by atoms with Crippen molar-refractivity contribution in [3.05, 3.63) is 0 Å². The van der Waals surface area contributed by atoms with Crippen molar-refractivity contribution in [2.24, 2.45) is 5.92 Å². The van der Waals surface area contributed by atoms with Gasteiger partial charge in [0.05, 0.1) is 19.3 Å². The van der Waals surface area contributed by atoms with Gasteiger partial charge in [-0.1, -0.05) is 13.8 Å². The molecule has 2 atom stereocenters. The molecular weight excluding hydrogens is 158 g/mol. The molecule has 0 aromatic heterocycles. The quantitative estimate of drug-likeness (QED) is 0.417. The van der Waals surface area contributed by atoms with E-state index in [-0.39, 0.29) is 19.3 Å². The van der Waals surface area contributed by atoms with Crippen LogP contribution in [0.5, 0.6) is 0 Å². The predicted molar refractivity (Wildman–Crippen MR) is 46.8 cm³/mol. The molecule has 4 nitrogen and oxygen atoms in total. The Morgan fingerprint density at radius 3 is 2.08 bits per heavy atom. The molecule has 0 bridgehead atoms. The van der Waals surface area contributed by atoms with Gasteiger partial charge in [-0.3, -0.25) is 0 Å². The lowest BCUT2D eigenvalue weighted by atomic mass is 10.1. The highest BCUT2D eigenvalue weighted by Crippen LogP contribution is 1.99. The summed E-state index contributed by atoms with van der Waals surface area (Å²) in [6.45, 7) is 4.09. The topological polar surface area (TPSA) is 72.7 Å². The van der Waals surface area contributed by atoms with Crippen LogP contribution in [-0.4, -0.2) is 47.2 Å². The van der Waals surface area contributed by atoms with Crippen molar-refractivity contribution in [3.63, 3.8) is 0 Å². The maximum Gasteiger partial charge on any atom is 0.0895 e. The fourth-order valence-corrected chi connectivity index (χ4v) is 0.863. The fraction of sp³-hybridized carbons (Fsp3) is 1.00. The minimum absolute atomic E-state index is 0.00815. The van der Waals surface area contributed by atoms with Gasteiger partial charge in [0, 0.05) is 12.6 Å². The zero-order valence-corrected chi connectivity index (χ0v) is 7.70. The van der Waals surface area contributed by atoms with E-state index in [0.29, 0.717) is 12.5 Å². The standard InChI is InChI=1S/C8H19NO3/c1-6(2)8(5-11)9-3-7(12)4-10/h6-12H,3-5H2,1-2H3/t7-,8+/m0/s1. The van der Waals surface area contributed by atoms with Crippen molar-refractivity contribution in [1.82, 2.24) is 5.32 Å². The summed E-state index contributed by atoms with van der Waals surface area (Å²) in [6, 6.07) is -0.00815. The molecule has 0 saturated heterocycles. The zero-order chi connectivity index (χ0) is 9.56. The minimum Gasteiger partial charge on any atom is -0.395 e. The van der Waals surface area contributed by atoms with Gasteiger partial charge >= 0.3 is 0 Å². The van der Waals surface area contributed by atoms with E-state index in [9.17, 15) is 0 Å². The lowest BCUT2D eigenvalue weighted by Crippen LogP contribution is -2.42. The van der Waals surface area contributed by atoms with E-state index < -0.39 is 6.10 Å². The molecule has 0 heterocycles. The first-order valence-electron chi connectivity index (χ1n) is 4.25. The van der Waals surface area contributed by atoms with Gasteiger partial charge in [0.25, 0.3) is 0 Å². The van der Waals surface area contributed by atoms with Gasteiger partial charge in [0.15, 0.2) is 0 Å². The lowest BCUT2D eigenvalue weighted by molar-refractivity contribution is 0.0857. The molecule has 0 fully saturated rings. The summed E-state index contributed by atoms with van der Waals surface area (Å²) in [6.07, 6.45) is -0.738. The monoisotopic (exact) mass is 177 g/mol. The summed E-state index contributed by atoms with van der Waals surface area (Å²) < 4.78 is 0. The third kappa shape index (κ3) is 4.66. The van der Waals surface area contributed by atoms with E-state index >= 15 is 0 Å². The van der Waals surface area contributed by atoms with Crippen LogP contribution in [0.4, 0.5) is 0 Å². The van der Waals surface area contributed by atoms with Crippen LogP contribution in [0, 0.1) is 5.92 Å². The molecule has 0 aromatic rings. The van der Waals surface area contributed by atoms with Crippen LogP contribution in [-0.2, 0) is 0 Å². The molecule has 0 aliphatic rings. The molecule has 0 aliphatic carbocycles. The molecule has 0 aromatic carbocycles. The maximum absolute atomic E-state index is 8.99. The summed E-state index contributed by atoms with van der Waals surface area (Å²) in [5.74, 6) is 0.320. The summed E-state index contributed by atoms with van der Waals surface area (Å²) in [5, 5.41) is 29.3. The van der Waals surface area contributed by atoms with E-state index in [1.807, 2.05) is 13.8 Å². The van der Waals surface area contributed by atoms with Gasteiger partial charge in [0.2, 0.25) is 0 Å². The lowest BCUT2D eigenvalue weighted by Gasteiger charge is -2.21. The SMILES string of the molecule is CC(C)[C@@H](CO)NC[C@H](O)CO. The van der Waals surface area contributed by atoms with Crippen molar-refractivity contribution in [2.45, 2.75) is 26.0 Å². The molecule has 0 saturated carbocycles. The second-order valence-corrected chi connectivity index (χ2v) is 3.28. The highest BCUT2D eigenvalue weighted by atomic mass is 16.3. The molecule has 0 amide bonds. The third-order valence-electron chi connectivity index (χ3n) is 1.83. The Labute approximate surface area is 73.2 Å². The molecule has 74 valence electrons. The van der Waals surface area contributed by atoms with Crippen LogP contribution in [0.1, 0.15) is 13.8 Å². The molecule has 0 rings (SSSR count). The number of aliphatic hydroxyl groups excluding tert-OH is 3. The van der Waals surface area contributed by atoms with Gasteiger partial charge in [-0.25, -0.2) is 0 Å². The van der Waals surface area contributed by atoms with Crippen molar-refractivity contribution < 1.29 is 15.3 Å². The number of aliphatic hydroxyl groups is 3. The number of nitrogens with one attached hydrogen (secondary N) is 1. The number of rotatable bonds is 6. The van der Waals surface area contributed by atoms with Gasteiger partial charge in [-0.05, 0) is 5.92 Å². The Balaban J connectivity index is 3.58. The van der Waals surface area contributed by atoms with Gasteiger partial charge in [-0.2, -0.15) is 0 Å². The van der Waals surface area contributed by atoms with Gasteiger partial charge in [-0.15, -0.1) is 0 Å². The summed E-state index contributed by atoms with van der Waals surface area (Å²) in [7, 11) is 0. The molecule has 0 spiro atoms. The molecule has 12 heavy (non-hydrogen) atoms. The normalized spacial score (nSPS) is 16.5. The molecule has 4 N–H and O–H groups in total.